The van der Waals surface area contributed by atoms with Gasteiger partial charge >= 0.3 is 0 Å². The van der Waals surface area contributed by atoms with E-state index in [0.29, 0.717) is 27.6 Å². The molecule has 0 aliphatic heterocycles. The Morgan fingerprint density at radius 2 is 1.68 bits per heavy atom. The van der Waals surface area contributed by atoms with Gasteiger partial charge in [0, 0.05) is 16.3 Å². The number of rotatable bonds is 6. The summed E-state index contributed by atoms with van der Waals surface area (Å²) >= 11 is 5.97. The Labute approximate surface area is 168 Å². The Morgan fingerprint density at radius 1 is 0.964 bits per heavy atom. The van der Waals surface area contributed by atoms with Gasteiger partial charge in [-0.3, -0.25) is 9.59 Å². The molecule has 28 heavy (non-hydrogen) atoms. The van der Waals surface area contributed by atoms with Crippen molar-refractivity contribution >= 4 is 35.1 Å². The van der Waals surface area contributed by atoms with Crippen molar-refractivity contribution in [3.8, 4) is 5.75 Å². The number of methoxy groups -OCH3 is 1. The van der Waals surface area contributed by atoms with Gasteiger partial charge in [-0.2, -0.15) is 0 Å². The van der Waals surface area contributed by atoms with Gasteiger partial charge in [-0.05, 0) is 54.1 Å². The lowest BCUT2D eigenvalue weighted by Gasteiger charge is -2.10. The van der Waals surface area contributed by atoms with Crippen LogP contribution >= 0.6 is 11.6 Å². The van der Waals surface area contributed by atoms with Gasteiger partial charge in [-0.1, -0.05) is 48.0 Å². The highest BCUT2D eigenvalue weighted by Gasteiger charge is 2.13. The zero-order chi connectivity index (χ0) is 19.9. The molecule has 0 heterocycles. The summed E-state index contributed by atoms with van der Waals surface area (Å²) in [7, 11) is 1.49. The number of anilines is 1. The second-order valence-electron chi connectivity index (χ2n) is 5.98. The Hall–Kier alpha value is -3.37. The van der Waals surface area contributed by atoms with Gasteiger partial charge in [0.1, 0.15) is 5.75 Å². The monoisotopic (exact) mass is 391 g/mol. The number of hydrogen-bond acceptors (Lipinski definition) is 3. The molecule has 0 radical (unpaired) electrons. The molecule has 0 fully saturated rings. The molecule has 0 saturated heterocycles. The minimum Gasteiger partial charge on any atom is -0.496 e. The van der Waals surface area contributed by atoms with Gasteiger partial charge in [0.15, 0.2) is 5.78 Å². The summed E-state index contributed by atoms with van der Waals surface area (Å²) in [5.41, 5.74) is 2.39. The largest absolute Gasteiger partial charge is 0.496 e. The summed E-state index contributed by atoms with van der Waals surface area (Å²) in [6.45, 7) is 0. The highest BCUT2D eigenvalue weighted by Crippen LogP contribution is 2.24. The van der Waals surface area contributed by atoms with E-state index >= 15 is 0 Å². The van der Waals surface area contributed by atoms with Gasteiger partial charge < -0.3 is 10.1 Å². The lowest BCUT2D eigenvalue weighted by atomic mass is 10.1. The van der Waals surface area contributed by atoms with Crippen LogP contribution in [0.5, 0.6) is 5.75 Å². The quantitative estimate of drug-likeness (QED) is 0.446. The number of carbonyl (C=O) groups is 2. The van der Waals surface area contributed by atoms with E-state index in [4.69, 9.17) is 16.3 Å². The zero-order valence-corrected chi connectivity index (χ0v) is 15.9. The van der Waals surface area contributed by atoms with Crippen LogP contribution in [0.3, 0.4) is 0 Å². The number of nitrogens with one attached hydrogen (secondary N) is 1. The fourth-order valence-corrected chi connectivity index (χ4v) is 2.78. The van der Waals surface area contributed by atoms with Gasteiger partial charge in [-0.25, -0.2) is 0 Å². The molecule has 0 aliphatic carbocycles. The van der Waals surface area contributed by atoms with E-state index in [1.165, 1.54) is 13.2 Å². The van der Waals surface area contributed by atoms with E-state index in [1.807, 2.05) is 30.3 Å². The highest BCUT2D eigenvalue weighted by molar-refractivity contribution is 6.31. The molecule has 5 heteroatoms. The second-order valence-corrected chi connectivity index (χ2v) is 6.42. The molecule has 1 amide bonds. The molecule has 140 valence electrons. The van der Waals surface area contributed by atoms with Gasteiger partial charge in [0.2, 0.25) is 0 Å². The fourth-order valence-electron chi connectivity index (χ4n) is 2.61. The predicted octanol–water partition coefficient (Wildman–Crippen LogP) is 5.50. The van der Waals surface area contributed by atoms with Gasteiger partial charge in [0.25, 0.3) is 5.91 Å². The number of halogens is 1. The molecule has 0 atom stereocenters. The summed E-state index contributed by atoms with van der Waals surface area (Å²) < 4.78 is 5.20. The number of allylic oxidation sites excluding steroid dienone is 1. The van der Waals surface area contributed by atoms with E-state index in [1.54, 1.807) is 48.5 Å². The first-order valence-corrected chi connectivity index (χ1v) is 8.97. The number of carbonyl (C=O) groups excluding carboxylic acids is 2. The highest BCUT2D eigenvalue weighted by atomic mass is 35.5. The normalized spacial score (nSPS) is 10.6. The Balaban J connectivity index is 1.69. The maximum atomic E-state index is 12.5. The van der Waals surface area contributed by atoms with Crippen LogP contribution in [0.1, 0.15) is 26.3 Å². The minimum absolute atomic E-state index is 0.113. The SMILES string of the molecule is COc1ccc(Cl)cc1C(=O)Nc1ccc(C(=O)/C=C/c2ccccc2)cc1. The maximum absolute atomic E-state index is 12.5. The average Bonchev–Trinajstić information content (AvgIpc) is 2.73. The molecule has 3 rings (SSSR count). The first kappa shape index (κ1) is 19.4. The summed E-state index contributed by atoms with van der Waals surface area (Å²) in [5, 5.41) is 3.22. The summed E-state index contributed by atoms with van der Waals surface area (Å²) in [6.07, 6.45) is 3.29. The Bertz CT molecular complexity index is 1010. The van der Waals surface area contributed by atoms with Crippen LogP contribution < -0.4 is 10.1 Å². The topological polar surface area (TPSA) is 55.4 Å². The van der Waals surface area contributed by atoms with E-state index in [2.05, 4.69) is 5.32 Å². The number of ketones is 1. The molecule has 0 bridgehead atoms. The first-order valence-electron chi connectivity index (χ1n) is 8.59. The third-order valence-electron chi connectivity index (χ3n) is 4.06. The molecule has 0 unspecified atom stereocenters. The van der Waals surface area contributed by atoms with Crippen LogP contribution in [-0.4, -0.2) is 18.8 Å². The molecular weight excluding hydrogens is 374 g/mol. The van der Waals surface area contributed by atoms with E-state index in [9.17, 15) is 9.59 Å². The lowest BCUT2D eigenvalue weighted by Crippen LogP contribution is -2.13. The molecule has 3 aromatic carbocycles. The first-order chi connectivity index (χ1) is 13.6. The number of benzene rings is 3. The Kier molecular flexibility index (Phi) is 6.25. The van der Waals surface area contributed by atoms with Crippen molar-refractivity contribution in [2.75, 3.05) is 12.4 Å². The molecular formula is C23H18ClNO3. The van der Waals surface area contributed by atoms with Crippen LogP contribution in [0, 0.1) is 0 Å². The van der Waals surface area contributed by atoms with Crippen molar-refractivity contribution in [2.45, 2.75) is 0 Å². The molecule has 0 aliphatic rings. The molecule has 0 saturated carbocycles. The van der Waals surface area contributed by atoms with Crippen molar-refractivity contribution < 1.29 is 14.3 Å². The van der Waals surface area contributed by atoms with E-state index in [-0.39, 0.29) is 11.7 Å². The smallest absolute Gasteiger partial charge is 0.259 e. The van der Waals surface area contributed by atoms with Crippen LogP contribution in [-0.2, 0) is 0 Å². The minimum atomic E-state index is -0.345. The second kappa shape index (κ2) is 9.02. The van der Waals surface area contributed by atoms with E-state index < -0.39 is 0 Å². The standard InChI is InChI=1S/C23H18ClNO3/c1-28-22-14-10-18(24)15-20(22)23(27)25-19-11-8-17(9-12-19)21(26)13-7-16-5-3-2-4-6-16/h2-15H,1H3,(H,25,27)/b13-7+. The fraction of sp³-hybridized carbons (Fsp3) is 0.0435. The van der Waals surface area contributed by atoms with Gasteiger partial charge in [-0.15, -0.1) is 0 Å². The van der Waals surface area contributed by atoms with E-state index in [0.717, 1.165) is 5.56 Å². The van der Waals surface area contributed by atoms with Crippen LogP contribution in [0.25, 0.3) is 6.08 Å². The van der Waals surface area contributed by atoms with Gasteiger partial charge in [0.05, 0.1) is 12.7 Å². The van der Waals surface area contributed by atoms with Crippen LogP contribution in [0.4, 0.5) is 5.69 Å². The molecule has 0 spiro atoms. The van der Waals surface area contributed by atoms with Crippen molar-refractivity contribution in [1.82, 2.24) is 0 Å². The molecule has 3 aromatic rings. The third kappa shape index (κ3) is 4.87. The summed E-state index contributed by atoms with van der Waals surface area (Å²) in [5.74, 6) is -0.0274. The number of hydrogen-bond donors (Lipinski definition) is 1. The van der Waals surface area contributed by atoms with Crippen LogP contribution in [0.15, 0.2) is 78.9 Å². The van der Waals surface area contributed by atoms with Crippen molar-refractivity contribution in [3.05, 3.63) is 101 Å². The van der Waals surface area contributed by atoms with Crippen molar-refractivity contribution in [2.24, 2.45) is 0 Å². The molecule has 1 N–H and O–H groups in total. The van der Waals surface area contributed by atoms with Crippen LogP contribution in [0.2, 0.25) is 5.02 Å². The summed E-state index contributed by atoms with van der Waals surface area (Å²) in [6, 6.07) is 21.1. The zero-order valence-electron chi connectivity index (χ0n) is 15.2. The molecule has 4 nitrogen and oxygen atoms in total. The molecule has 0 aromatic heterocycles. The number of amides is 1. The number of ether oxygens (including phenoxy) is 1. The lowest BCUT2D eigenvalue weighted by molar-refractivity contribution is 0.102. The van der Waals surface area contributed by atoms with Crippen molar-refractivity contribution in [3.63, 3.8) is 0 Å². The third-order valence-corrected chi connectivity index (χ3v) is 4.30. The average molecular weight is 392 g/mol. The summed E-state index contributed by atoms with van der Waals surface area (Å²) in [4.78, 5) is 24.8. The maximum Gasteiger partial charge on any atom is 0.259 e. The Morgan fingerprint density at radius 3 is 2.36 bits per heavy atom. The predicted molar refractivity (Wildman–Crippen MR) is 112 cm³/mol. The van der Waals surface area contributed by atoms with Crippen molar-refractivity contribution in [1.29, 1.82) is 0 Å².